The normalized spacial score (nSPS) is 12.6. The number of benzene rings is 2. The highest BCUT2D eigenvalue weighted by molar-refractivity contribution is 5.89. The van der Waals surface area contributed by atoms with Gasteiger partial charge in [0.05, 0.1) is 12.7 Å². The molecule has 1 atom stereocenters. The lowest BCUT2D eigenvalue weighted by Gasteiger charge is -2.16. The largest absolute Gasteiger partial charge is 0.493 e. The van der Waals surface area contributed by atoms with Gasteiger partial charge >= 0.3 is 0 Å². The maximum atomic E-state index is 9.84. The molecule has 0 fully saturated rings. The van der Waals surface area contributed by atoms with Gasteiger partial charge in [-0.3, -0.25) is 0 Å². The van der Waals surface area contributed by atoms with Crippen molar-refractivity contribution in [1.29, 1.82) is 0 Å². The van der Waals surface area contributed by atoms with Crippen LogP contribution < -0.4 is 4.74 Å². The highest BCUT2D eigenvalue weighted by Crippen LogP contribution is 2.33. The SMILES string of the molecule is CCCCOc1c([C@H](C)O)ccc2ccccc12. The second-order valence-electron chi connectivity index (χ2n) is 4.58. The van der Waals surface area contributed by atoms with E-state index in [2.05, 4.69) is 13.0 Å². The van der Waals surface area contributed by atoms with Crippen molar-refractivity contribution in [3.8, 4) is 5.75 Å². The molecule has 2 aromatic carbocycles. The van der Waals surface area contributed by atoms with E-state index in [0.29, 0.717) is 6.61 Å². The predicted molar refractivity (Wildman–Crippen MR) is 75.0 cm³/mol. The molecule has 0 heterocycles. The molecule has 0 amide bonds. The number of unbranched alkanes of at least 4 members (excludes halogenated alkanes) is 1. The van der Waals surface area contributed by atoms with E-state index in [0.717, 1.165) is 34.9 Å². The molecule has 0 radical (unpaired) electrons. The minimum Gasteiger partial charge on any atom is -0.493 e. The second-order valence-corrected chi connectivity index (χ2v) is 4.58. The maximum absolute atomic E-state index is 9.84. The van der Waals surface area contributed by atoms with Crippen LogP contribution in [0.15, 0.2) is 36.4 Å². The third-order valence-corrected chi connectivity index (χ3v) is 3.10. The van der Waals surface area contributed by atoms with Crippen molar-refractivity contribution < 1.29 is 9.84 Å². The van der Waals surface area contributed by atoms with Gasteiger partial charge in [0.25, 0.3) is 0 Å². The Hall–Kier alpha value is -1.54. The van der Waals surface area contributed by atoms with Crippen molar-refractivity contribution in [2.45, 2.75) is 32.8 Å². The van der Waals surface area contributed by atoms with Crippen LogP contribution in [-0.2, 0) is 0 Å². The zero-order valence-electron chi connectivity index (χ0n) is 11.0. The quantitative estimate of drug-likeness (QED) is 0.803. The first-order valence-electron chi connectivity index (χ1n) is 6.56. The topological polar surface area (TPSA) is 29.5 Å². The minimum absolute atomic E-state index is 0.508. The molecule has 0 spiro atoms. The molecule has 2 nitrogen and oxygen atoms in total. The molecule has 18 heavy (non-hydrogen) atoms. The van der Waals surface area contributed by atoms with E-state index in [4.69, 9.17) is 4.74 Å². The van der Waals surface area contributed by atoms with E-state index >= 15 is 0 Å². The van der Waals surface area contributed by atoms with Crippen LogP contribution in [0.25, 0.3) is 10.8 Å². The standard InChI is InChI=1S/C16H20O2/c1-3-4-11-18-16-14(12(2)17)10-9-13-7-5-6-8-15(13)16/h5-10,12,17H,3-4,11H2,1-2H3/t12-/m0/s1. The van der Waals surface area contributed by atoms with Gasteiger partial charge in [-0.25, -0.2) is 0 Å². The summed E-state index contributed by atoms with van der Waals surface area (Å²) in [4.78, 5) is 0. The zero-order valence-corrected chi connectivity index (χ0v) is 11.0. The fourth-order valence-electron chi connectivity index (χ4n) is 2.07. The molecule has 2 heteroatoms. The van der Waals surface area contributed by atoms with Crippen molar-refractivity contribution >= 4 is 10.8 Å². The predicted octanol–water partition coefficient (Wildman–Crippen LogP) is 4.07. The fraction of sp³-hybridized carbons (Fsp3) is 0.375. The van der Waals surface area contributed by atoms with Crippen LogP contribution in [0.5, 0.6) is 5.75 Å². The number of hydrogen-bond acceptors (Lipinski definition) is 2. The van der Waals surface area contributed by atoms with E-state index in [1.807, 2.05) is 30.3 Å². The average Bonchev–Trinajstić information content (AvgIpc) is 2.38. The maximum Gasteiger partial charge on any atom is 0.132 e. The molecule has 0 saturated heterocycles. The van der Waals surface area contributed by atoms with Gasteiger partial charge in [-0.2, -0.15) is 0 Å². The summed E-state index contributed by atoms with van der Waals surface area (Å²) in [5.41, 5.74) is 0.866. The molecule has 0 aliphatic heterocycles. The molecule has 0 unspecified atom stereocenters. The third-order valence-electron chi connectivity index (χ3n) is 3.10. The Morgan fingerprint density at radius 3 is 2.67 bits per heavy atom. The van der Waals surface area contributed by atoms with Crippen molar-refractivity contribution in [2.75, 3.05) is 6.61 Å². The summed E-state index contributed by atoms with van der Waals surface area (Å²) in [5, 5.41) is 12.1. The molecule has 0 aliphatic rings. The van der Waals surface area contributed by atoms with Crippen molar-refractivity contribution in [2.24, 2.45) is 0 Å². The highest BCUT2D eigenvalue weighted by atomic mass is 16.5. The molecular weight excluding hydrogens is 224 g/mol. The van der Waals surface area contributed by atoms with E-state index in [1.165, 1.54) is 0 Å². The van der Waals surface area contributed by atoms with Gasteiger partial charge in [0.1, 0.15) is 5.75 Å². The molecular formula is C16H20O2. The van der Waals surface area contributed by atoms with Gasteiger partial charge < -0.3 is 9.84 Å². The Labute approximate surface area is 108 Å². The summed E-state index contributed by atoms with van der Waals surface area (Å²) in [6, 6.07) is 12.1. The Kier molecular flexibility index (Phi) is 4.21. The van der Waals surface area contributed by atoms with Gasteiger partial charge in [0, 0.05) is 10.9 Å². The Morgan fingerprint density at radius 2 is 1.94 bits per heavy atom. The summed E-state index contributed by atoms with van der Waals surface area (Å²) in [5.74, 6) is 0.830. The molecule has 0 saturated carbocycles. The Balaban J connectivity index is 2.45. The third kappa shape index (κ3) is 2.65. The first-order valence-corrected chi connectivity index (χ1v) is 6.56. The molecule has 2 rings (SSSR count). The lowest BCUT2D eigenvalue weighted by atomic mass is 10.0. The fourth-order valence-corrected chi connectivity index (χ4v) is 2.07. The van der Waals surface area contributed by atoms with Crippen molar-refractivity contribution in [1.82, 2.24) is 0 Å². The molecule has 96 valence electrons. The van der Waals surface area contributed by atoms with Crippen molar-refractivity contribution in [3.05, 3.63) is 42.0 Å². The first kappa shape index (κ1) is 12.9. The van der Waals surface area contributed by atoms with Gasteiger partial charge in [0.2, 0.25) is 0 Å². The minimum atomic E-state index is -0.508. The van der Waals surface area contributed by atoms with Gasteiger partial charge in [-0.05, 0) is 18.7 Å². The lowest BCUT2D eigenvalue weighted by Crippen LogP contribution is -2.02. The van der Waals surface area contributed by atoms with Crippen LogP contribution in [0, 0.1) is 0 Å². The monoisotopic (exact) mass is 244 g/mol. The summed E-state index contributed by atoms with van der Waals surface area (Å²) < 4.78 is 5.89. The molecule has 0 aliphatic carbocycles. The summed E-state index contributed by atoms with van der Waals surface area (Å²) >= 11 is 0. The van der Waals surface area contributed by atoms with E-state index < -0.39 is 6.10 Å². The van der Waals surface area contributed by atoms with E-state index in [-0.39, 0.29) is 0 Å². The average molecular weight is 244 g/mol. The van der Waals surface area contributed by atoms with Crippen molar-refractivity contribution in [3.63, 3.8) is 0 Å². The number of hydrogen-bond donors (Lipinski definition) is 1. The molecule has 1 N–H and O–H groups in total. The van der Waals surface area contributed by atoms with E-state index in [1.54, 1.807) is 6.92 Å². The number of ether oxygens (including phenoxy) is 1. The molecule has 2 aromatic rings. The van der Waals surface area contributed by atoms with Crippen LogP contribution in [0.2, 0.25) is 0 Å². The van der Waals surface area contributed by atoms with Crippen LogP contribution in [-0.4, -0.2) is 11.7 Å². The summed E-state index contributed by atoms with van der Waals surface area (Å²) in [6.45, 7) is 4.61. The Morgan fingerprint density at radius 1 is 1.17 bits per heavy atom. The zero-order chi connectivity index (χ0) is 13.0. The summed E-state index contributed by atoms with van der Waals surface area (Å²) in [6.07, 6.45) is 1.63. The molecule has 0 aromatic heterocycles. The highest BCUT2D eigenvalue weighted by Gasteiger charge is 2.12. The van der Waals surface area contributed by atoms with Crippen LogP contribution in [0.1, 0.15) is 38.4 Å². The number of aliphatic hydroxyl groups excluding tert-OH is 1. The smallest absolute Gasteiger partial charge is 0.132 e. The first-order chi connectivity index (χ1) is 8.74. The van der Waals surface area contributed by atoms with Gasteiger partial charge in [-0.15, -0.1) is 0 Å². The number of fused-ring (bicyclic) bond motifs is 1. The van der Waals surface area contributed by atoms with Gasteiger partial charge in [0.15, 0.2) is 0 Å². The molecule has 0 bridgehead atoms. The van der Waals surface area contributed by atoms with Crippen LogP contribution in [0.4, 0.5) is 0 Å². The van der Waals surface area contributed by atoms with Crippen LogP contribution >= 0.6 is 0 Å². The Bertz CT molecular complexity index is 517. The lowest BCUT2D eigenvalue weighted by molar-refractivity contribution is 0.191. The summed E-state index contributed by atoms with van der Waals surface area (Å²) in [7, 11) is 0. The number of rotatable bonds is 5. The van der Waals surface area contributed by atoms with Crippen LogP contribution in [0.3, 0.4) is 0 Å². The van der Waals surface area contributed by atoms with E-state index in [9.17, 15) is 5.11 Å². The second kappa shape index (κ2) is 5.87. The number of aliphatic hydroxyl groups is 1. The van der Waals surface area contributed by atoms with Gasteiger partial charge in [-0.1, -0.05) is 49.7 Å².